The molecule has 0 aliphatic carbocycles. The van der Waals surface area contributed by atoms with E-state index in [0.717, 1.165) is 32.5 Å². The van der Waals surface area contributed by atoms with Gasteiger partial charge in [-0.05, 0) is 37.8 Å². The van der Waals surface area contributed by atoms with Gasteiger partial charge in [-0.25, -0.2) is 0 Å². The van der Waals surface area contributed by atoms with Gasteiger partial charge in [0.15, 0.2) is 5.69 Å². The Balaban J connectivity index is 1.59. The molecule has 3 rings (SSSR count). The first kappa shape index (κ1) is 16.2. The molecule has 0 unspecified atom stereocenters. The number of rotatable bonds is 5. The number of aryl methyl sites for hydroxylation is 1. The van der Waals surface area contributed by atoms with E-state index in [1.165, 1.54) is 4.88 Å². The van der Waals surface area contributed by atoms with Crippen molar-refractivity contribution in [1.29, 1.82) is 0 Å². The Hall–Kier alpha value is -1.70. The smallest absolute Gasteiger partial charge is 0.274 e. The van der Waals surface area contributed by atoms with Crippen LogP contribution >= 0.6 is 11.3 Å². The van der Waals surface area contributed by atoms with Crippen LogP contribution in [0.4, 0.5) is 0 Å². The molecule has 0 saturated carbocycles. The van der Waals surface area contributed by atoms with Crippen molar-refractivity contribution >= 4 is 17.2 Å². The molecule has 3 heterocycles. The molecule has 1 amide bonds. The van der Waals surface area contributed by atoms with Crippen LogP contribution in [-0.2, 0) is 13.2 Å². The third-order valence-corrected chi connectivity index (χ3v) is 5.02. The number of carbonyl (C=O) groups excluding carboxylic acids is 1. The van der Waals surface area contributed by atoms with Gasteiger partial charge in [-0.3, -0.25) is 9.69 Å². The number of likely N-dealkylation sites (tertiary alicyclic amines) is 1. The molecule has 1 aliphatic rings. The van der Waals surface area contributed by atoms with E-state index >= 15 is 0 Å². The van der Waals surface area contributed by atoms with Gasteiger partial charge in [-0.2, -0.15) is 0 Å². The van der Waals surface area contributed by atoms with E-state index in [0.29, 0.717) is 11.3 Å². The lowest BCUT2D eigenvalue weighted by atomic mass is 10.0. The van der Waals surface area contributed by atoms with Crippen molar-refractivity contribution in [3.8, 4) is 0 Å². The number of nitrogens with one attached hydrogen (secondary N) is 1. The zero-order valence-electron chi connectivity index (χ0n) is 13.1. The van der Waals surface area contributed by atoms with Gasteiger partial charge in [-0.15, -0.1) is 11.3 Å². The molecular weight excluding hydrogens is 314 g/mol. The Kier molecular flexibility index (Phi) is 5.09. The minimum Gasteiger partial charge on any atom is -0.391 e. The maximum Gasteiger partial charge on any atom is 0.274 e. The number of thiophene rings is 1. The molecular formula is C16H21N3O3S. The topological polar surface area (TPSA) is 78.6 Å². The summed E-state index contributed by atoms with van der Waals surface area (Å²) in [4.78, 5) is 16.1. The van der Waals surface area contributed by atoms with Gasteiger partial charge in [0, 0.05) is 24.0 Å². The van der Waals surface area contributed by atoms with Gasteiger partial charge in [-0.1, -0.05) is 11.2 Å². The highest BCUT2D eigenvalue weighted by Gasteiger charge is 2.25. The molecule has 124 valence electrons. The Morgan fingerprint density at radius 1 is 1.61 bits per heavy atom. The van der Waals surface area contributed by atoms with Crippen LogP contribution in [0.5, 0.6) is 0 Å². The predicted molar refractivity (Wildman–Crippen MR) is 87.2 cm³/mol. The summed E-state index contributed by atoms with van der Waals surface area (Å²) in [6.45, 7) is 4.26. The molecule has 0 bridgehead atoms. The number of carbonyl (C=O) groups is 1. The van der Waals surface area contributed by atoms with Crippen LogP contribution in [-0.4, -0.2) is 40.2 Å². The van der Waals surface area contributed by atoms with Gasteiger partial charge < -0.3 is 14.9 Å². The average molecular weight is 335 g/mol. The zero-order chi connectivity index (χ0) is 16.2. The molecule has 2 N–H and O–H groups in total. The van der Waals surface area contributed by atoms with E-state index in [4.69, 9.17) is 4.52 Å². The fourth-order valence-electron chi connectivity index (χ4n) is 2.95. The minimum atomic E-state index is -0.270. The number of amides is 1. The Bertz CT molecular complexity index is 654. The van der Waals surface area contributed by atoms with Gasteiger partial charge in [0.05, 0.1) is 12.2 Å². The van der Waals surface area contributed by atoms with Crippen LogP contribution < -0.4 is 5.32 Å². The van der Waals surface area contributed by atoms with Gasteiger partial charge >= 0.3 is 0 Å². The molecule has 0 radical (unpaired) electrons. The average Bonchev–Trinajstić information content (AvgIpc) is 3.17. The molecule has 1 aliphatic heterocycles. The fourth-order valence-corrected chi connectivity index (χ4v) is 3.70. The SMILES string of the molecule is Cc1onc(C(=O)N[C@@H]2CCCN(Cc3cccs3)C2)c1CO. The van der Waals surface area contributed by atoms with Crippen molar-refractivity contribution in [3.63, 3.8) is 0 Å². The first-order valence-corrected chi connectivity index (χ1v) is 8.67. The fraction of sp³-hybridized carbons (Fsp3) is 0.500. The van der Waals surface area contributed by atoms with E-state index in [-0.39, 0.29) is 24.2 Å². The van der Waals surface area contributed by atoms with Gasteiger partial charge in [0.25, 0.3) is 5.91 Å². The summed E-state index contributed by atoms with van der Waals surface area (Å²) in [5, 5.41) is 18.2. The lowest BCUT2D eigenvalue weighted by Crippen LogP contribution is -2.47. The maximum atomic E-state index is 12.4. The molecule has 23 heavy (non-hydrogen) atoms. The Morgan fingerprint density at radius 2 is 2.48 bits per heavy atom. The second kappa shape index (κ2) is 7.25. The van der Waals surface area contributed by atoms with Crippen LogP contribution in [0.1, 0.15) is 39.5 Å². The quantitative estimate of drug-likeness (QED) is 0.873. The molecule has 1 saturated heterocycles. The number of hydrogen-bond acceptors (Lipinski definition) is 6. The largest absolute Gasteiger partial charge is 0.391 e. The molecule has 6 nitrogen and oxygen atoms in total. The first-order valence-electron chi connectivity index (χ1n) is 7.79. The molecule has 1 fully saturated rings. The highest BCUT2D eigenvalue weighted by molar-refractivity contribution is 7.09. The minimum absolute atomic E-state index is 0.0970. The summed E-state index contributed by atoms with van der Waals surface area (Å²) >= 11 is 1.76. The lowest BCUT2D eigenvalue weighted by Gasteiger charge is -2.32. The predicted octanol–water partition coefficient (Wildman–Crippen LogP) is 1.93. The monoisotopic (exact) mass is 335 g/mol. The van der Waals surface area contributed by atoms with Crippen LogP contribution in [0, 0.1) is 6.92 Å². The van der Waals surface area contributed by atoms with Crippen molar-refractivity contribution in [3.05, 3.63) is 39.4 Å². The maximum absolute atomic E-state index is 12.4. The highest BCUT2D eigenvalue weighted by atomic mass is 32.1. The molecule has 2 aromatic heterocycles. The summed E-state index contributed by atoms with van der Waals surface area (Å²) in [5.41, 5.74) is 0.661. The molecule has 0 aromatic carbocycles. The van der Waals surface area contributed by atoms with Crippen LogP contribution in [0.2, 0.25) is 0 Å². The van der Waals surface area contributed by atoms with E-state index in [1.807, 2.05) is 0 Å². The summed E-state index contributed by atoms with van der Waals surface area (Å²) in [5.74, 6) is 0.217. The third kappa shape index (κ3) is 3.80. The number of aliphatic hydroxyl groups excluding tert-OH is 1. The summed E-state index contributed by atoms with van der Waals surface area (Å²) in [6.07, 6.45) is 2.01. The highest BCUT2D eigenvalue weighted by Crippen LogP contribution is 2.18. The molecule has 7 heteroatoms. The van der Waals surface area contributed by atoms with Crippen molar-refractivity contribution < 1.29 is 14.4 Å². The van der Waals surface area contributed by atoms with Gasteiger partial charge in [0.2, 0.25) is 0 Å². The van der Waals surface area contributed by atoms with E-state index in [9.17, 15) is 9.90 Å². The van der Waals surface area contributed by atoms with Crippen LogP contribution in [0.3, 0.4) is 0 Å². The molecule has 2 aromatic rings. The second-order valence-corrected chi connectivity index (χ2v) is 6.88. The summed E-state index contributed by atoms with van der Waals surface area (Å²) in [6, 6.07) is 4.30. The standard InChI is InChI=1S/C16H21N3O3S/c1-11-14(10-20)15(18-22-11)16(21)17-12-4-2-6-19(8-12)9-13-5-3-7-23-13/h3,5,7,12,20H,2,4,6,8-10H2,1H3,(H,17,21)/t12-/m1/s1. The number of aliphatic hydroxyl groups is 1. The van der Waals surface area contributed by atoms with E-state index in [2.05, 4.69) is 32.9 Å². The van der Waals surface area contributed by atoms with Crippen molar-refractivity contribution in [1.82, 2.24) is 15.4 Å². The second-order valence-electron chi connectivity index (χ2n) is 5.85. The van der Waals surface area contributed by atoms with Crippen molar-refractivity contribution in [2.75, 3.05) is 13.1 Å². The number of piperidine rings is 1. The normalized spacial score (nSPS) is 19.0. The number of hydrogen-bond donors (Lipinski definition) is 2. The van der Waals surface area contributed by atoms with Crippen molar-refractivity contribution in [2.45, 2.75) is 39.0 Å². The summed E-state index contributed by atoms with van der Waals surface area (Å²) < 4.78 is 5.01. The number of aromatic nitrogens is 1. The lowest BCUT2D eigenvalue weighted by molar-refractivity contribution is 0.0889. The Labute approximate surface area is 139 Å². The van der Waals surface area contributed by atoms with E-state index < -0.39 is 0 Å². The zero-order valence-corrected chi connectivity index (χ0v) is 13.9. The Morgan fingerprint density at radius 3 is 3.22 bits per heavy atom. The van der Waals surface area contributed by atoms with Crippen LogP contribution in [0.15, 0.2) is 22.0 Å². The third-order valence-electron chi connectivity index (χ3n) is 4.16. The van der Waals surface area contributed by atoms with Crippen LogP contribution in [0.25, 0.3) is 0 Å². The number of nitrogens with zero attached hydrogens (tertiary/aromatic N) is 2. The molecule has 0 spiro atoms. The summed E-state index contributed by atoms with van der Waals surface area (Å²) in [7, 11) is 0. The molecule has 1 atom stereocenters. The van der Waals surface area contributed by atoms with E-state index in [1.54, 1.807) is 18.3 Å². The van der Waals surface area contributed by atoms with Crippen molar-refractivity contribution in [2.24, 2.45) is 0 Å². The first-order chi connectivity index (χ1) is 11.2. The van der Waals surface area contributed by atoms with Gasteiger partial charge in [0.1, 0.15) is 5.76 Å².